The minimum Gasteiger partial charge on any atom is -0.316 e. The van der Waals surface area contributed by atoms with Crippen LogP contribution in [0.4, 0.5) is 8.78 Å². The van der Waals surface area contributed by atoms with Gasteiger partial charge in [-0.05, 0) is 0 Å². The van der Waals surface area contributed by atoms with Crippen molar-refractivity contribution in [3.8, 4) is 0 Å². The first kappa shape index (κ1) is 6.89. The van der Waals surface area contributed by atoms with E-state index in [9.17, 15) is 8.78 Å². The molecule has 0 amide bonds. The van der Waals surface area contributed by atoms with Crippen molar-refractivity contribution in [1.29, 1.82) is 0 Å². The molecule has 9 heavy (non-hydrogen) atoms. The molecule has 0 aliphatic carbocycles. The van der Waals surface area contributed by atoms with Gasteiger partial charge < -0.3 is 11.1 Å². The first-order valence-corrected chi connectivity index (χ1v) is 2.97. The van der Waals surface area contributed by atoms with Gasteiger partial charge in [-0.15, -0.1) is 0 Å². The van der Waals surface area contributed by atoms with Gasteiger partial charge in [0.2, 0.25) is 0 Å². The SMILES string of the molecule is NC1CC(F)(F)CCN1. The van der Waals surface area contributed by atoms with Crippen LogP contribution in [0.25, 0.3) is 0 Å². The molecule has 1 saturated heterocycles. The van der Waals surface area contributed by atoms with E-state index in [0.29, 0.717) is 6.54 Å². The number of nitrogens with two attached hydrogens (primary N) is 1. The summed E-state index contributed by atoms with van der Waals surface area (Å²) in [5.74, 6) is -2.54. The Bertz CT molecular complexity index is 105. The number of rotatable bonds is 0. The fraction of sp³-hybridized carbons (Fsp3) is 1.00. The highest BCUT2D eigenvalue weighted by atomic mass is 19.3. The second-order valence-corrected chi connectivity index (χ2v) is 2.37. The van der Waals surface area contributed by atoms with Gasteiger partial charge in [0.25, 0.3) is 5.92 Å². The second-order valence-electron chi connectivity index (χ2n) is 2.37. The average Bonchev–Trinajstić information content (AvgIpc) is 1.60. The molecular weight excluding hydrogens is 126 g/mol. The van der Waals surface area contributed by atoms with Gasteiger partial charge in [-0.1, -0.05) is 0 Å². The van der Waals surface area contributed by atoms with Crippen LogP contribution >= 0.6 is 0 Å². The molecule has 0 spiro atoms. The van der Waals surface area contributed by atoms with Crippen molar-refractivity contribution in [2.75, 3.05) is 6.54 Å². The molecule has 0 saturated carbocycles. The summed E-state index contributed by atoms with van der Waals surface area (Å²) in [6.07, 6.45) is -0.831. The molecule has 3 N–H and O–H groups in total. The average molecular weight is 136 g/mol. The van der Waals surface area contributed by atoms with Crippen molar-refractivity contribution < 1.29 is 8.78 Å². The van der Waals surface area contributed by atoms with Crippen LogP contribution in [0, 0.1) is 0 Å². The number of piperidine rings is 1. The summed E-state index contributed by atoms with van der Waals surface area (Å²) in [6, 6.07) is 0. The first-order valence-electron chi connectivity index (χ1n) is 2.97. The zero-order valence-corrected chi connectivity index (χ0v) is 5.03. The molecule has 1 unspecified atom stereocenters. The van der Waals surface area contributed by atoms with Crippen LogP contribution in [0.1, 0.15) is 12.8 Å². The van der Waals surface area contributed by atoms with Crippen LogP contribution in [0.2, 0.25) is 0 Å². The van der Waals surface area contributed by atoms with E-state index in [0.717, 1.165) is 0 Å². The van der Waals surface area contributed by atoms with E-state index < -0.39 is 12.1 Å². The summed E-state index contributed by atoms with van der Waals surface area (Å²) in [5, 5.41) is 2.74. The van der Waals surface area contributed by atoms with Crippen molar-refractivity contribution in [3.63, 3.8) is 0 Å². The number of halogens is 2. The van der Waals surface area contributed by atoms with Gasteiger partial charge in [0, 0.05) is 19.4 Å². The fourth-order valence-corrected chi connectivity index (χ4v) is 0.936. The van der Waals surface area contributed by atoms with Crippen LogP contribution in [0.5, 0.6) is 0 Å². The Labute approximate surface area is 52.4 Å². The number of hydrogen-bond acceptors (Lipinski definition) is 2. The third kappa shape index (κ3) is 1.87. The summed E-state index contributed by atoms with van der Waals surface area (Å²) >= 11 is 0. The molecule has 4 heteroatoms. The highest BCUT2D eigenvalue weighted by Gasteiger charge is 2.34. The Kier molecular flexibility index (Phi) is 1.68. The lowest BCUT2D eigenvalue weighted by Crippen LogP contribution is -2.48. The maximum absolute atomic E-state index is 12.3. The van der Waals surface area contributed by atoms with Gasteiger partial charge in [-0.25, -0.2) is 8.78 Å². The summed E-state index contributed by atoms with van der Waals surface area (Å²) < 4.78 is 24.7. The predicted octanol–water partition coefficient (Wildman–Crippen LogP) is 0.290. The summed E-state index contributed by atoms with van der Waals surface area (Å²) in [5.41, 5.74) is 5.22. The standard InChI is InChI=1S/C5H10F2N2/c6-5(7)1-2-9-4(8)3-5/h4,9H,1-3,8H2. The fourth-order valence-electron chi connectivity index (χ4n) is 0.936. The third-order valence-corrected chi connectivity index (χ3v) is 1.42. The largest absolute Gasteiger partial charge is 0.316 e. The molecule has 0 radical (unpaired) electrons. The molecule has 1 aliphatic rings. The van der Waals surface area contributed by atoms with E-state index in [4.69, 9.17) is 5.73 Å². The Balaban J connectivity index is 2.41. The van der Waals surface area contributed by atoms with Crippen LogP contribution in [0.15, 0.2) is 0 Å². The Morgan fingerprint density at radius 3 is 2.56 bits per heavy atom. The first-order chi connectivity index (χ1) is 4.10. The second kappa shape index (κ2) is 2.19. The van der Waals surface area contributed by atoms with Crippen LogP contribution in [-0.2, 0) is 0 Å². The lowest BCUT2D eigenvalue weighted by molar-refractivity contribution is -0.0401. The van der Waals surface area contributed by atoms with Crippen LogP contribution in [-0.4, -0.2) is 18.6 Å². The zero-order chi connectivity index (χ0) is 6.91. The van der Waals surface area contributed by atoms with Crippen molar-refractivity contribution >= 4 is 0 Å². The van der Waals surface area contributed by atoms with Gasteiger partial charge in [-0.2, -0.15) is 0 Å². The van der Waals surface area contributed by atoms with Gasteiger partial charge in [0.1, 0.15) is 0 Å². The summed E-state index contributed by atoms with van der Waals surface area (Å²) in [4.78, 5) is 0. The molecule has 0 aromatic carbocycles. The molecule has 0 aromatic rings. The lowest BCUT2D eigenvalue weighted by atomic mass is 10.1. The molecule has 2 nitrogen and oxygen atoms in total. The Morgan fingerprint density at radius 2 is 2.22 bits per heavy atom. The van der Waals surface area contributed by atoms with Gasteiger partial charge >= 0.3 is 0 Å². The maximum Gasteiger partial charge on any atom is 0.252 e. The number of nitrogens with one attached hydrogen (secondary N) is 1. The topological polar surface area (TPSA) is 38.0 Å². The molecule has 1 heterocycles. The van der Waals surface area contributed by atoms with E-state index in [1.807, 2.05) is 0 Å². The molecule has 1 aliphatic heterocycles. The van der Waals surface area contributed by atoms with E-state index in [1.165, 1.54) is 0 Å². The minimum absolute atomic E-state index is 0.0826. The molecule has 54 valence electrons. The molecular formula is C5H10F2N2. The smallest absolute Gasteiger partial charge is 0.252 e. The van der Waals surface area contributed by atoms with Crippen molar-refractivity contribution in [3.05, 3.63) is 0 Å². The number of alkyl halides is 2. The molecule has 0 bridgehead atoms. The Hall–Kier alpha value is -0.220. The quantitative estimate of drug-likeness (QED) is 0.502. The van der Waals surface area contributed by atoms with E-state index in [-0.39, 0.29) is 12.8 Å². The summed E-state index contributed by atoms with van der Waals surface area (Å²) in [7, 11) is 0. The van der Waals surface area contributed by atoms with Gasteiger partial charge in [-0.3, -0.25) is 0 Å². The van der Waals surface area contributed by atoms with Gasteiger partial charge in [0.15, 0.2) is 0 Å². The highest BCUT2D eigenvalue weighted by molar-refractivity contribution is 4.79. The van der Waals surface area contributed by atoms with Crippen molar-refractivity contribution in [2.45, 2.75) is 24.9 Å². The summed E-state index contributed by atoms with van der Waals surface area (Å²) in [6.45, 7) is 0.328. The molecule has 1 fully saturated rings. The maximum atomic E-state index is 12.3. The normalized spacial score (nSPS) is 34.3. The van der Waals surface area contributed by atoms with Crippen molar-refractivity contribution in [1.82, 2.24) is 5.32 Å². The monoisotopic (exact) mass is 136 g/mol. The molecule has 1 atom stereocenters. The third-order valence-electron chi connectivity index (χ3n) is 1.42. The molecule has 0 aromatic heterocycles. The predicted molar refractivity (Wildman–Crippen MR) is 30.2 cm³/mol. The van der Waals surface area contributed by atoms with Crippen LogP contribution < -0.4 is 11.1 Å². The zero-order valence-electron chi connectivity index (χ0n) is 5.03. The van der Waals surface area contributed by atoms with Crippen LogP contribution in [0.3, 0.4) is 0 Å². The highest BCUT2D eigenvalue weighted by Crippen LogP contribution is 2.25. The minimum atomic E-state index is -2.54. The van der Waals surface area contributed by atoms with Crippen molar-refractivity contribution in [2.24, 2.45) is 5.73 Å². The molecule has 1 rings (SSSR count). The van der Waals surface area contributed by atoms with Gasteiger partial charge in [0.05, 0.1) is 6.17 Å². The van der Waals surface area contributed by atoms with E-state index in [1.54, 1.807) is 0 Å². The van der Waals surface area contributed by atoms with E-state index in [2.05, 4.69) is 5.32 Å². The number of hydrogen-bond donors (Lipinski definition) is 2. The van der Waals surface area contributed by atoms with E-state index >= 15 is 0 Å². The lowest BCUT2D eigenvalue weighted by Gasteiger charge is -2.27. The Morgan fingerprint density at radius 1 is 1.56 bits per heavy atom.